The zero-order valence-corrected chi connectivity index (χ0v) is 9.17. The van der Waals surface area contributed by atoms with Crippen LogP contribution in [0.15, 0.2) is 12.1 Å². The van der Waals surface area contributed by atoms with E-state index in [1.54, 1.807) is 6.07 Å². The normalized spacial score (nSPS) is 10.1. The summed E-state index contributed by atoms with van der Waals surface area (Å²) in [7, 11) is 1.42. The summed E-state index contributed by atoms with van der Waals surface area (Å²) in [6.45, 7) is 3.97. The molecule has 15 heavy (non-hydrogen) atoms. The van der Waals surface area contributed by atoms with Crippen molar-refractivity contribution in [3.05, 3.63) is 29.1 Å². The Bertz CT molecular complexity index is 393. The van der Waals surface area contributed by atoms with Crippen LogP contribution in [0.4, 0.5) is 4.39 Å². The molecule has 80 valence electrons. The average Bonchev–Trinajstić information content (AvgIpc) is 2.20. The van der Waals surface area contributed by atoms with Gasteiger partial charge in [-0.15, -0.1) is 0 Å². The van der Waals surface area contributed by atoms with E-state index in [2.05, 4.69) is 0 Å². The van der Waals surface area contributed by atoms with E-state index in [0.717, 1.165) is 0 Å². The lowest BCUT2D eigenvalue weighted by molar-refractivity contribution is 0.382. The molecule has 1 aromatic carbocycles. The number of hydrogen-bond donors (Lipinski definition) is 0. The maximum absolute atomic E-state index is 13.8. The van der Waals surface area contributed by atoms with Crippen molar-refractivity contribution in [1.29, 1.82) is 5.26 Å². The number of halogens is 1. The van der Waals surface area contributed by atoms with E-state index < -0.39 is 5.82 Å². The van der Waals surface area contributed by atoms with Crippen LogP contribution in [0.1, 0.15) is 25.0 Å². The molecule has 0 aliphatic carbocycles. The van der Waals surface area contributed by atoms with Crippen molar-refractivity contribution >= 4 is 0 Å². The third-order valence-electron chi connectivity index (χ3n) is 2.16. The highest BCUT2D eigenvalue weighted by Crippen LogP contribution is 2.25. The topological polar surface area (TPSA) is 33.0 Å². The van der Waals surface area contributed by atoms with Gasteiger partial charge in [-0.05, 0) is 24.5 Å². The number of benzene rings is 1. The molecule has 0 atom stereocenters. The molecule has 1 aromatic rings. The molecule has 0 saturated carbocycles. The summed E-state index contributed by atoms with van der Waals surface area (Å²) in [6, 6.07) is 5.08. The Hall–Kier alpha value is -1.56. The largest absolute Gasteiger partial charge is 0.494 e. The minimum absolute atomic E-state index is 0.199. The Morgan fingerprint density at radius 1 is 1.47 bits per heavy atom. The molecule has 0 saturated heterocycles. The molecule has 0 bridgehead atoms. The maximum atomic E-state index is 13.8. The van der Waals surface area contributed by atoms with Crippen LogP contribution in [0.25, 0.3) is 0 Å². The fraction of sp³-hybridized carbons (Fsp3) is 0.417. The molecule has 1 rings (SSSR count). The summed E-state index contributed by atoms with van der Waals surface area (Å²) < 4.78 is 18.7. The number of hydrogen-bond acceptors (Lipinski definition) is 2. The molecular formula is C12H14FNO. The first-order valence-electron chi connectivity index (χ1n) is 4.85. The molecule has 0 unspecified atom stereocenters. The molecule has 0 amide bonds. The first-order chi connectivity index (χ1) is 7.10. The Balaban J connectivity index is 3.24. The van der Waals surface area contributed by atoms with Crippen LogP contribution in [-0.2, 0) is 6.42 Å². The van der Waals surface area contributed by atoms with Gasteiger partial charge in [0.2, 0.25) is 0 Å². The summed E-state index contributed by atoms with van der Waals surface area (Å²) >= 11 is 0. The van der Waals surface area contributed by atoms with E-state index in [4.69, 9.17) is 10.00 Å². The summed E-state index contributed by atoms with van der Waals surface area (Å²) in [5, 5.41) is 8.86. The molecule has 0 spiro atoms. The summed E-state index contributed by atoms with van der Waals surface area (Å²) in [5.41, 5.74) is 0.842. The zero-order chi connectivity index (χ0) is 11.4. The maximum Gasteiger partial charge on any atom is 0.169 e. The second-order valence-corrected chi connectivity index (χ2v) is 3.82. The quantitative estimate of drug-likeness (QED) is 0.763. The highest BCUT2D eigenvalue weighted by atomic mass is 19.1. The molecule has 0 fully saturated rings. The van der Waals surface area contributed by atoms with Gasteiger partial charge in [-0.25, -0.2) is 4.39 Å². The van der Waals surface area contributed by atoms with Crippen LogP contribution in [-0.4, -0.2) is 7.11 Å². The molecule has 0 radical (unpaired) electrons. The van der Waals surface area contributed by atoms with Gasteiger partial charge in [0.1, 0.15) is 0 Å². The van der Waals surface area contributed by atoms with E-state index in [1.165, 1.54) is 13.2 Å². The number of rotatable bonds is 3. The smallest absolute Gasteiger partial charge is 0.169 e. The van der Waals surface area contributed by atoms with Gasteiger partial charge in [0.05, 0.1) is 18.7 Å². The number of ether oxygens (including phenoxy) is 1. The molecular weight excluding hydrogens is 193 g/mol. The molecule has 3 heteroatoms. The third-order valence-corrected chi connectivity index (χ3v) is 2.16. The Labute approximate surface area is 89.3 Å². The molecule has 0 aromatic heterocycles. The van der Waals surface area contributed by atoms with E-state index in [0.29, 0.717) is 23.5 Å². The minimum Gasteiger partial charge on any atom is -0.494 e. The van der Waals surface area contributed by atoms with Gasteiger partial charge >= 0.3 is 0 Å². The van der Waals surface area contributed by atoms with E-state index in [9.17, 15) is 4.39 Å². The van der Waals surface area contributed by atoms with Crippen molar-refractivity contribution in [2.24, 2.45) is 5.92 Å². The van der Waals surface area contributed by atoms with Crippen molar-refractivity contribution in [3.8, 4) is 11.8 Å². The minimum atomic E-state index is -0.412. The van der Waals surface area contributed by atoms with Crippen molar-refractivity contribution in [2.45, 2.75) is 20.3 Å². The van der Waals surface area contributed by atoms with Gasteiger partial charge in [0.25, 0.3) is 0 Å². The molecule has 0 aliphatic rings. The van der Waals surface area contributed by atoms with Crippen molar-refractivity contribution in [3.63, 3.8) is 0 Å². The van der Waals surface area contributed by atoms with Crippen LogP contribution >= 0.6 is 0 Å². The van der Waals surface area contributed by atoms with Crippen molar-refractivity contribution in [1.82, 2.24) is 0 Å². The fourth-order valence-electron chi connectivity index (χ4n) is 1.47. The zero-order valence-electron chi connectivity index (χ0n) is 9.17. The number of methoxy groups -OCH3 is 1. The molecule has 0 heterocycles. The van der Waals surface area contributed by atoms with E-state index in [1.807, 2.05) is 19.9 Å². The predicted octanol–water partition coefficient (Wildman–Crippen LogP) is 2.90. The molecule has 0 N–H and O–H groups in total. The SMILES string of the molecule is COc1ccc(C#N)c(CC(C)C)c1F. The van der Waals surface area contributed by atoms with E-state index in [-0.39, 0.29) is 5.75 Å². The first kappa shape index (κ1) is 11.5. The van der Waals surface area contributed by atoms with Crippen LogP contribution in [0.2, 0.25) is 0 Å². The third kappa shape index (κ3) is 2.47. The Morgan fingerprint density at radius 3 is 2.60 bits per heavy atom. The van der Waals surface area contributed by atoms with Crippen molar-refractivity contribution in [2.75, 3.05) is 7.11 Å². The Morgan fingerprint density at radius 2 is 2.13 bits per heavy atom. The predicted molar refractivity (Wildman–Crippen MR) is 56.2 cm³/mol. The van der Waals surface area contributed by atoms with Crippen LogP contribution in [0.5, 0.6) is 5.75 Å². The van der Waals surface area contributed by atoms with Crippen LogP contribution in [0, 0.1) is 23.1 Å². The monoisotopic (exact) mass is 207 g/mol. The van der Waals surface area contributed by atoms with Gasteiger partial charge < -0.3 is 4.74 Å². The highest BCUT2D eigenvalue weighted by molar-refractivity contribution is 5.44. The first-order valence-corrected chi connectivity index (χ1v) is 4.85. The molecule has 2 nitrogen and oxygen atoms in total. The highest BCUT2D eigenvalue weighted by Gasteiger charge is 2.14. The van der Waals surface area contributed by atoms with Gasteiger partial charge in [0, 0.05) is 5.56 Å². The second kappa shape index (κ2) is 4.79. The van der Waals surface area contributed by atoms with Gasteiger partial charge in [0.15, 0.2) is 11.6 Å². The second-order valence-electron chi connectivity index (χ2n) is 3.82. The van der Waals surface area contributed by atoms with Crippen LogP contribution < -0.4 is 4.74 Å². The lowest BCUT2D eigenvalue weighted by Crippen LogP contribution is -2.03. The lowest BCUT2D eigenvalue weighted by Gasteiger charge is -2.11. The summed E-state index contributed by atoms with van der Waals surface area (Å²) in [5.74, 6) is 0.0913. The molecule has 0 aliphatic heterocycles. The van der Waals surface area contributed by atoms with Crippen molar-refractivity contribution < 1.29 is 9.13 Å². The van der Waals surface area contributed by atoms with Gasteiger partial charge in [-0.1, -0.05) is 13.8 Å². The fourth-order valence-corrected chi connectivity index (χ4v) is 1.47. The summed E-state index contributed by atoms with van der Waals surface area (Å²) in [6.07, 6.45) is 0.548. The Kier molecular flexibility index (Phi) is 3.68. The summed E-state index contributed by atoms with van der Waals surface area (Å²) in [4.78, 5) is 0. The average molecular weight is 207 g/mol. The number of nitrogens with zero attached hydrogens (tertiary/aromatic N) is 1. The lowest BCUT2D eigenvalue weighted by atomic mass is 9.97. The van der Waals surface area contributed by atoms with Gasteiger partial charge in [-0.3, -0.25) is 0 Å². The van der Waals surface area contributed by atoms with Gasteiger partial charge in [-0.2, -0.15) is 5.26 Å². The number of nitriles is 1. The standard InChI is InChI=1S/C12H14FNO/c1-8(2)6-10-9(7-14)4-5-11(15-3)12(10)13/h4-5,8H,6H2,1-3H3. The van der Waals surface area contributed by atoms with E-state index >= 15 is 0 Å². The van der Waals surface area contributed by atoms with Crippen LogP contribution in [0.3, 0.4) is 0 Å².